The smallest absolute Gasteiger partial charge is 0.262 e. The zero-order valence-electron chi connectivity index (χ0n) is 11.8. The minimum atomic E-state index is -0.697. The van der Waals surface area contributed by atoms with Gasteiger partial charge in [-0.1, -0.05) is 24.3 Å². The number of hydrogen-bond acceptors (Lipinski definition) is 4. The SMILES string of the molecule is CC1(C)O[C@H]2[C@H](C=C[C@H]2N2C(=O)c3ccccc3C2=O)O1. The predicted octanol–water partition coefficient (Wildman–Crippen LogP) is 1.74. The van der Waals surface area contributed by atoms with Crippen LogP contribution in [-0.2, 0) is 9.47 Å². The van der Waals surface area contributed by atoms with E-state index in [9.17, 15) is 9.59 Å². The molecule has 1 aromatic carbocycles. The van der Waals surface area contributed by atoms with Crippen LogP contribution in [0, 0.1) is 0 Å². The number of ether oxygens (including phenoxy) is 2. The highest BCUT2D eigenvalue weighted by Crippen LogP contribution is 2.38. The van der Waals surface area contributed by atoms with Crippen LogP contribution in [0.25, 0.3) is 0 Å². The van der Waals surface area contributed by atoms with Crippen molar-refractivity contribution >= 4 is 11.8 Å². The molecule has 2 heterocycles. The Morgan fingerprint density at radius 3 is 2.24 bits per heavy atom. The second kappa shape index (κ2) is 4.02. The Morgan fingerprint density at radius 2 is 1.62 bits per heavy atom. The van der Waals surface area contributed by atoms with Crippen LogP contribution in [0.5, 0.6) is 0 Å². The number of imide groups is 1. The topological polar surface area (TPSA) is 55.8 Å². The van der Waals surface area contributed by atoms with Gasteiger partial charge in [-0.25, -0.2) is 0 Å². The number of fused-ring (bicyclic) bond motifs is 2. The van der Waals surface area contributed by atoms with E-state index >= 15 is 0 Å². The maximum atomic E-state index is 12.5. The molecule has 21 heavy (non-hydrogen) atoms. The van der Waals surface area contributed by atoms with Gasteiger partial charge in [0.1, 0.15) is 12.2 Å². The lowest BCUT2D eigenvalue weighted by atomic mass is 10.1. The van der Waals surface area contributed by atoms with Crippen LogP contribution in [0.3, 0.4) is 0 Å². The number of amides is 2. The van der Waals surface area contributed by atoms with Crippen LogP contribution in [0.1, 0.15) is 34.6 Å². The molecule has 1 aromatic rings. The van der Waals surface area contributed by atoms with Gasteiger partial charge in [0.25, 0.3) is 11.8 Å². The Bertz CT molecular complexity index is 644. The van der Waals surface area contributed by atoms with Crippen LogP contribution < -0.4 is 0 Å². The van der Waals surface area contributed by atoms with Crippen LogP contribution >= 0.6 is 0 Å². The molecule has 0 unspecified atom stereocenters. The highest BCUT2D eigenvalue weighted by atomic mass is 16.8. The minimum Gasteiger partial charge on any atom is -0.342 e. The molecule has 0 spiro atoms. The molecule has 2 aliphatic heterocycles. The van der Waals surface area contributed by atoms with Gasteiger partial charge in [-0.2, -0.15) is 0 Å². The van der Waals surface area contributed by atoms with Crippen molar-refractivity contribution in [2.45, 2.75) is 37.9 Å². The van der Waals surface area contributed by atoms with E-state index in [1.165, 1.54) is 4.90 Å². The lowest BCUT2D eigenvalue weighted by molar-refractivity contribution is -0.147. The van der Waals surface area contributed by atoms with Crippen molar-refractivity contribution < 1.29 is 19.1 Å². The molecule has 3 atom stereocenters. The number of carbonyl (C=O) groups excluding carboxylic acids is 2. The molecule has 0 N–H and O–H groups in total. The third-order valence-corrected chi connectivity index (χ3v) is 4.12. The Hall–Kier alpha value is -1.98. The second-order valence-corrected chi connectivity index (χ2v) is 5.97. The monoisotopic (exact) mass is 285 g/mol. The molecule has 0 aromatic heterocycles. The van der Waals surface area contributed by atoms with Crippen LogP contribution in [-0.4, -0.2) is 40.8 Å². The number of benzene rings is 1. The van der Waals surface area contributed by atoms with E-state index < -0.39 is 11.8 Å². The normalized spacial score (nSPS) is 32.7. The van der Waals surface area contributed by atoms with Crippen molar-refractivity contribution in [1.82, 2.24) is 4.90 Å². The summed E-state index contributed by atoms with van der Waals surface area (Å²) in [6.07, 6.45) is 3.15. The van der Waals surface area contributed by atoms with Crippen LogP contribution in [0.2, 0.25) is 0 Å². The average Bonchev–Trinajstić information content (AvgIpc) is 3.02. The average molecular weight is 285 g/mol. The zero-order chi connectivity index (χ0) is 14.8. The Balaban J connectivity index is 1.69. The van der Waals surface area contributed by atoms with Crippen LogP contribution in [0.15, 0.2) is 36.4 Å². The largest absolute Gasteiger partial charge is 0.342 e. The van der Waals surface area contributed by atoms with Gasteiger partial charge >= 0.3 is 0 Å². The third kappa shape index (κ3) is 1.71. The van der Waals surface area contributed by atoms with Gasteiger partial charge < -0.3 is 9.47 Å². The highest BCUT2D eigenvalue weighted by molar-refractivity contribution is 6.21. The summed E-state index contributed by atoms with van der Waals surface area (Å²) in [5, 5.41) is 0. The molecule has 1 fully saturated rings. The van der Waals surface area contributed by atoms with E-state index in [4.69, 9.17) is 9.47 Å². The van der Waals surface area contributed by atoms with Crippen molar-refractivity contribution in [1.29, 1.82) is 0 Å². The summed E-state index contributed by atoms with van der Waals surface area (Å²) in [4.78, 5) is 26.3. The molecule has 0 saturated carbocycles. The van der Waals surface area contributed by atoms with Gasteiger partial charge in [-0.15, -0.1) is 0 Å². The molecular formula is C16H15NO4. The summed E-state index contributed by atoms with van der Waals surface area (Å²) in [6.45, 7) is 3.66. The van der Waals surface area contributed by atoms with Gasteiger partial charge in [-0.05, 0) is 26.0 Å². The summed E-state index contributed by atoms with van der Waals surface area (Å²) < 4.78 is 11.6. The molecule has 5 nitrogen and oxygen atoms in total. The first-order valence-corrected chi connectivity index (χ1v) is 6.99. The molecular weight excluding hydrogens is 270 g/mol. The maximum Gasteiger partial charge on any atom is 0.262 e. The lowest BCUT2D eigenvalue weighted by Gasteiger charge is -2.27. The van der Waals surface area contributed by atoms with Crippen LogP contribution in [0.4, 0.5) is 0 Å². The van der Waals surface area contributed by atoms with Gasteiger partial charge in [0.2, 0.25) is 0 Å². The first-order valence-electron chi connectivity index (χ1n) is 6.99. The fourth-order valence-electron chi connectivity index (χ4n) is 3.27. The zero-order valence-corrected chi connectivity index (χ0v) is 11.8. The molecule has 1 aliphatic carbocycles. The van der Waals surface area contributed by atoms with Crippen molar-refractivity contribution in [2.75, 3.05) is 0 Å². The third-order valence-electron chi connectivity index (χ3n) is 4.12. The summed E-state index contributed by atoms with van der Waals surface area (Å²) in [5.41, 5.74) is 0.912. The van der Waals surface area contributed by atoms with E-state index in [0.29, 0.717) is 11.1 Å². The lowest BCUT2D eigenvalue weighted by Crippen LogP contribution is -2.46. The first kappa shape index (κ1) is 12.7. The molecule has 2 amide bonds. The van der Waals surface area contributed by atoms with E-state index in [2.05, 4.69) is 0 Å². The summed E-state index contributed by atoms with van der Waals surface area (Å²) in [7, 11) is 0. The molecule has 3 aliphatic rings. The fraction of sp³-hybridized carbons (Fsp3) is 0.375. The Labute approximate surface area is 122 Å². The number of nitrogens with zero attached hydrogens (tertiary/aromatic N) is 1. The molecule has 108 valence electrons. The molecule has 5 heteroatoms. The maximum absolute atomic E-state index is 12.5. The Morgan fingerprint density at radius 1 is 1.00 bits per heavy atom. The molecule has 4 rings (SSSR count). The summed E-state index contributed by atoms with van der Waals surface area (Å²) >= 11 is 0. The van der Waals surface area contributed by atoms with E-state index in [1.54, 1.807) is 24.3 Å². The number of rotatable bonds is 1. The standard InChI is InChI=1S/C16H15NO4/c1-16(2)20-12-8-7-11(13(12)21-16)17-14(18)9-5-3-4-6-10(9)15(17)19/h3-8,11-13H,1-2H3/t11-,12+,13-/m1/s1. The highest BCUT2D eigenvalue weighted by Gasteiger charge is 2.52. The van der Waals surface area contributed by atoms with Crippen molar-refractivity contribution in [2.24, 2.45) is 0 Å². The van der Waals surface area contributed by atoms with E-state index in [-0.39, 0.29) is 24.0 Å². The van der Waals surface area contributed by atoms with Crippen molar-refractivity contribution in [3.63, 3.8) is 0 Å². The second-order valence-electron chi connectivity index (χ2n) is 5.97. The number of carbonyl (C=O) groups is 2. The minimum absolute atomic E-state index is 0.214. The molecule has 1 saturated heterocycles. The van der Waals surface area contributed by atoms with Gasteiger partial charge in [0.05, 0.1) is 17.2 Å². The summed E-state index contributed by atoms with van der Waals surface area (Å²) in [5.74, 6) is -1.23. The van der Waals surface area contributed by atoms with Gasteiger partial charge in [0, 0.05) is 0 Å². The van der Waals surface area contributed by atoms with E-state index in [1.807, 2.05) is 26.0 Å². The Kier molecular flexibility index (Phi) is 2.44. The quantitative estimate of drug-likeness (QED) is 0.582. The van der Waals surface area contributed by atoms with Crippen molar-refractivity contribution in [3.8, 4) is 0 Å². The van der Waals surface area contributed by atoms with Gasteiger partial charge in [0.15, 0.2) is 5.79 Å². The van der Waals surface area contributed by atoms with Gasteiger partial charge in [-0.3, -0.25) is 14.5 Å². The number of hydrogen-bond donors (Lipinski definition) is 0. The first-order chi connectivity index (χ1) is 9.98. The summed E-state index contributed by atoms with van der Waals surface area (Å²) in [6, 6.07) is 6.48. The van der Waals surface area contributed by atoms with E-state index in [0.717, 1.165) is 0 Å². The predicted molar refractivity (Wildman–Crippen MR) is 73.7 cm³/mol. The van der Waals surface area contributed by atoms with Crippen molar-refractivity contribution in [3.05, 3.63) is 47.5 Å². The molecule has 0 bridgehead atoms. The molecule has 0 radical (unpaired) electrons. The fourth-order valence-corrected chi connectivity index (χ4v) is 3.27.